The number of amides is 4. The highest BCUT2D eigenvalue weighted by atomic mass is 16.5. The summed E-state index contributed by atoms with van der Waals surface area (Å²) in [5.41, 5.74) is 13.9. The number of nitrogens with one attached hydrogen (secondary N) is 3. The van der Waals surface area contributed by atoms with E-state index >= 15 is 0 Å². The summed E-state index contributed by atoms with van der Waals surface area (Å²) >= 11 is 0. The highest BCUT2D eigenvalue weighted by Crippen LogP contribution is 2.42. The minimum Gasteiger partial charge on any atom is -0.370 e. The monoisotopic (exact) mass is 616 g/mol. The van der Waals surface area contributed by atoms with Crippen molar-refractivity contribution >= 4 is 35.5 Å². The van der Waals surface area contributed by atoms with Crippen molar-refractivity contribution in [2.24, 2.45) is 16.5 Å². The van der Waals surface area contributed by atoms with Gasteiger partial charge in [-0.3, -0.25) is 30.4 Å². The summed E-state index contributed by atoms with van der Waals surface area (Å²) in [7, 11) is 0. The number of aliphatic hydroxyl groups is 2. The topological polar surface area (TPSA) is 202 Å². The lowest BCUT2D eigenvalue weighted by Gasteiger charge is -2.44. The number of imide groups is 1. The molecule has 2 aromatic rings. The van der Waals surface area contributed by atoms with Crippen molar-refractivity contribution in [3.05, 3.63) is 65.2 Å². The van der Waals surface area contributed by atoms with E-state index in [9.17, 15) is 24.6 Å². The molecule has 4 aliphatic heterocycles. The van der Waals surface area contributed by atoms with E-state index in [1.54, 1.807) is 30.3 Å². The van der Waals surface area contributed by atoms with Gasteiger partial charge in [0, 0.05) is 11.3 Å². The zero-order valence-electron chi connectivity index (χ0n) is 25.2. The molecule has 3 unspecified atom stereocenters. The quantitative estimate of drug-likeness (QED) is 0.123. The van der Waals surface area contributed by atoms with Gasteiger partial charge in [0.25, 0.3) is 11.8 Å². The summed E-state index contributed by atoms with van der Waals surface area (Å²) in [6.07, 6.45) is 2.71. The molecule has 0 bridgehead atoms. The van der Waals surface area contributed by atoms with Crippen LogP contribution in [0.15, 0.2) is 53.5 Å². The predicted molar refractivity (Wildman–Crippen MR) is 164 cm³/mol. The van der Waals surface area contributed by atoms with E-state index in [0.717, 1.165) is 35.3 Å². The molecule has 5 aliphatic rings. The highest BCUT2D eigenvalue weighted by Gasteiger charge is 2.75. The van der Waals surface area contributed by atoms with Crippen LogP contribution in [0.1, 0.15) is 48.2 Å². The van der Waals surface area contributed by atoms with Gasteiger partial charge >= 0.3 is 12.0 Å². The molecule has 2 saturated heterocycles. The molecule has 14 nitrogen and oxygen atoms in total. The van der Waals surface area contributed by atoms with Crippen molar-refractivity contribution in [1.29, 1.82) is 0 Å². The Bertz CT molecular complexity index is 1670. The first-order valence-corrected chi connectivity index (χ1v) is 15.2. The molecular formula is C31H38N9O5+. The number of carbonyl (C=O) groups is 3. The zero-order chi connectivity index (χ0) is 31.9. The number of para-hydroxylation sites is 1. The number of nitrogens with two attached hydrogens (primary N) is 2. The Balaban J connectivity index is 1.17. The summed E-state index contributed by atoms with van der Waals surface area (Å²) in [4.78, 5) is 47.1. The Morgan fingerprint density at radius 1 is 1.13 bits per heavy atom. The van der Waals surface area contributed by atoms with E-state index in [-0.39, 0.29) is 37.0 Å². The number of fused-ring (bicyclic) bond motifs is 1. The molecule has 14 heteroatoms. The molecule has 4 atom stereocenters. The van der Waals surface area contributed by atoms with Crippen molar-refractivity contribution in [3.63, 3.8) is 0 Å². The van der Waals surface area contributed by atoms with E-state index in [4.69, 9.17) is 11.5 Å². The zero-order valence-corrected chi connectivity index (χ0v) is 25.2. The largest absolute Gasteiger partial charge is 0.370 e. The third-order valence-corrected chi connectivity index (χ3v) is 10.1. The highest BCUT2D eigenvalue weighted by molar-refractivity contribution is 6.12. The summed E-state index contributed by atoms with van der Waals surface area (Å²) in [5, 5.41) is 32.7. The Morgan fingerprint density at radius 2 is 1.89 bits per heavy atom. The van der Waals surface area contributed by atoms with Gasteiger partial charge in [-0.25, -0.2) is 14.4 Å². The molecule has 0 saturated carbocycles. The maximum atomic E-state index is 13.8. The molecule has 0 aromatic heterocycles. The lowest BCUT2D eigenvalue weighted by atomic mass is 9.71. The fourth-order valence-electron chi connectivity index (χ4n) is 7.82. The van der Waals surface area contributed by atoms with Crippen LogP contribution in [-0.2, 0) is 16.6 Å². The Morgan fingerprint density at radius 3 is 2.64 bits per heavy atom. The van der Waals surface area contributed by atoms with Gasteiger partial charge in [0.1, 0.15) is 24.7 Å². The van der Waals surface area contributed by atoms with Crippen molar-refractivity contribution in [1.82, 2.24) is 20.9 Å². The number of hydrogen-bond acceptors (Lipinski definition) is 10. The second-order valence-corrected chi connectivity index (χ2v) is 13.1. The first kappa shape index (κ1) is 29.0. The van der Waals surface area contributed by atoms with E-state index in [0.29, 0.717) is 11.3 Å². The van der Waals surface area contributed by atoms with Gasteiger partial charge in [0.05, 0.1) is 13.1 Å². The summed E-state index contributed by atoms with van der Waals surface area (Å²) in [6, 6.07) is 10.9. The Kier molecular flexibility index (Phi) is 6.39. The lowest BCUT2D eigenvalue weighted by molar-refractivity contribution is -0.623. The lowest BCUT2D eigenvalue weighted by Crippen LogP contribution is -2.79. The van der Waals surface area contributed by atoms with Crippen LogP contribution >= 0.6 is 0 Å². The van der Waals surface area contributed by atoms with E-state index in [1.165, 1.54) is 9.48 Å². The number of benzene rings is 2. The molecule has 2 aromatic carbocycles. The van der Waals surface area contributed by atoms with Crippen LogP contribution in [0, 0.1) is 0 Å². The molecule has 1 aliphatic carbocycles. The van der Waals surface area contributed by atoms with Crippen molar-refractivity contribution < 1.29 is 29.2 Å². The number of urea groups is 1. The summed E-state index contributed by atoms with van der Waals surface area (Å²) in [5.74, 6) is -3.51. The predicted octanol–water partition coefficient (Wildman–Crippen LogP) is -1.16. The van der Waals surface area contributed by atoms with Crippen molar-refractivity contribution in [2.75, 3.05) is 24.5 Å². The van der Waals surface area contributed by atoms with Crippen LogP contribution in [0.3, 0.4) is 0 Å². The molecule has 0 radical (unpaired) electrons. The smallest absolute Gasteiger partial charge is 0.346 e. The number of rotatable bonds is 5. The normalized spacial score (nSPS) is 29.4. The number of nitrogens with zero attached hydrogens (tertiary/aromatic N) is 4. The van der Waals surface area contributed by atoms with Crippen molar-refractivity contribution in [2.45, 2.75) is 68.1 Å². The fraction of sp³-hybridized carbons (Fsp3) is 0.452. The van der Waals surface area contributed by atoms with Gasteiger partial charge in [-0.05, 0) is 54.0 Å². The van der Waals surface area contributed by atoms with Gasteiger partial charge in [-0.2, -0.15) is 0 Å². The Labute approximate surface area is 259 Å². The first-order valence-electron chi connectivity index (χ1n) is 15.2. The molecule has 7 rings (SSSR count). The van der Waals surface area contributed by atoms with Crippen LogP contribution in [0.2, 0.25) is 0 Å². The maximum Gasteiger partial charge on any atom is 0.346 e. The molecular weight excluding hydrogens is 578 g/mol. The van der Waals surface area contributed by atoms with Crippen LogP contribution < -0.4 is 32.3 Å². The van der Waals surface area contributed by atoms with Gasteiger partial charge in [-0.1, -0.05) is 44.2 Å². The van der Waals surface area contributed by atoms with Crippen LogP contribution in [0.4, 0.5) is 10.5 Å². The Hall–Kier alpha value is -4.69. The molecule has 9 N–H and O–H groups in total. The average molecular weight is 617 g/mol. The molecule has 4 heterocycles. The van der Waals surface area contributed by atoms with Gasteiger partial charge in [0.2, 0.25) is 11.4 Å². The van der Waals surface area contributed by atoms with Crippen LogP contribution in [-0.4, -0.2) is 98.7 Å². The fourth-order valence-corrected chi connectivity index (χ4v) is 7.82. The second kappa shape index (κ2) is 9.91. The maximum absolute atomic E-state index is 13.8. The SMILES string of the molecule is CC1(C)CCCc2c(C(=O)NC3C[N+]4=C(N)N[C@@H](CN5C(=O)CN(c6ccccc6)C5=O)C5N=C(N)NC54C3(O)O)cccc21. The molecule has 1 spiro atoms. The number of anilines is 1. The van der Waals surface area contributed by atoms with Crippen molar-refractivity contribution in [3.8, 4) is 0 Å². The van der Waals surface area contributed by atoms with Gasteiger partial charge in [-0.15, -0.1) is 0 Å². The second-order valence-electron chi connectivity index (χ2n) is 13.1. The first-order chi connectivity index (χ1) is 21.3. The van der Waals surface area contributed by atoms with Crippen LogP contribution in [0.25, 0.3) is 0 Å². The molecule has 236 valence electrons. The molecule has 45 heavy (non-hydrogen) atoms. The summed E-state index contributed by atoms with van der Waals surface area (Å²) < 4.78 is 1.50. The van der Waals surface area contributed by atoms with E-state index in [1.807, 2.05) is 18.2 Å². The molecule has 4 amide bonds. The average Bonchev–Trinajstić information content (AvgIpc) is 3.58. The van der Waals surface area contributed by atoms with Crippen LogP contribution in [0.5, 0.6) is 0 Å². The minimum absolute atomic E-state index is 0.0516. The molecule has 2 fully saturated rings. The number of carbonyl (C=O) groups excluding carboxylic acids is 3. The minimum atomic E-state index is -2.63. The number of guanidine groups is 2. The van der Waals surface area contributed by atoms with Gasteiger partial charge in [0.15, 0.2) is 5.96 Å². The number of aliphatic imine (C=N–C) groups is 1. The van der Waals surface area contributed by atoms with Gasteiger partial charge < -0.3 is 26.6 Å². The third-order valence-electron chi connectivity index (χ3n) is 10.1. The summed E-state index contributed by atoms with van der Waals surface area (Å²) in [6.45, 7) is 3.93. The van der Waals surface area contributed by atoms with E-state index in [2.05, 4.69) is 34.8 Å². The standard InChI is InChI=1S/C31H37N9O5/c1-29(2)13-7-11-18-19(10-6-12-20(18)29)25(42)35-22-15-40-27(33)34-21(24-30(40,31(22,44)45)37-26(32)36-24)14-39-23(41)16-38(28(39)43)17-8-4-3-5-9-17/h3-6,8-10,12,21-22,24,44-45H,7,11,13-16H2,1-2H3,(H6,32,33,34,35,36,37,42)/p+1/t21-,22?,24?,30?/m0/s1. The third kappa shape index (κ3) is 4.19. The van der Waals surface area contributed by atoms with E-state index < -0.39 is 47.4 Å². The number of hydrogen-bond donors (Lipinski definition) is 7.